The van der Waals surface area contributed by atoms with E-state index >= 15 is 0 Å². The lowest BCUT2D eigenvalue weighted by Crippen LogP contribution is -2.20. The zero-order chi connectivity index (χ0) is 18.0. The summed E-state index contributed by atoms with van der Waals surface area (Å²) >= 11 is 0. The monoisotopic (exact) mass is 358 g/mol. The molecule has 25 heavy (non-hydrogen) atoms. The minimum absolute atomic E-state index is 0.129. The quantitative estimate of drug-likeness (QED) is 0.554. The number of hydrogen-bond acceptors (Lipinski definition) is 6. The Morgan fingerprint density at radius 1 is 1.28 bits per heavy atom. The highest BCUT2D eigenvalue weighted by atomic mass is 32.2. The number of benzene rings is 1. The van der Waals surface area contributed by atoms with E-state index in [4.69, 9.17) is 0 Å². The lowest BCUT2D eigenvalue weighted by atomic mass is 10.2. The van der Waals surface area contributed by atoms with Crippen LogP contribution in [0.3, 0.4) is 0 Å². The van der Waals surface area contributed by atoms with Crippen molar-refractivity contribution in [2.75, 3.05) is 11.6 Å². The van der Waals surface area contributed by atoms with Crippen LogP contribution in [0.25, 0.3) is 5.65 Å². The third-order valence-electron chi connectivity index (χ3n) is 3.45. The lowest BCUT2D eigenvalue weighted by molar-refractivity contribution is -0.385. The molecule has 0 spiro atoms. The fourth-order valence-corrected chi connectivity index (χ4v) is 3.09. The first-order chi connectivity index (χ1) is 12.0. The fraction of sp³-hybridized carbons (Fsp3) is 0.125. The second kappa shape index (κ2) is 6.81. The van der Waals surface area contributed by atoms with Crippen molar-refractivity contribution < 1.29 is 9.13 Å². The van der Waals surface area contributed by atoms with Crippen LogP contribution >= 0.6 is 0 Å². The molecule has 0 aliphatic heterocycles. The smallest absolute Gasteiger partial charge is 0.334 e. The van der Waals surface area contributed by atoms with Crippen LogP contribution < -0.4 is 10.9 Å². The van der Waals surface area contributed by atoms with Gasteiger partial charge in [0.2, 0.25) is 5.82 Å². The van der Waals surface area contributed by atoms with Crippen LogP contribution in [0.5, 0.6) is 0 Å². The molecule has 1 aromatic carbocycles. The van der Waals surface area contributed by atoms with Gasteiger partial charge in [-0.2, -0.15) is 0 Å². The number of nitrogens with zero attached hydrogens (tertiary/aromatic N) is 3. The maximum absolute atomic E-state index is 12.4. The van der Waals surface area contributed by atoms with E-state index in [2.05, 4.69) is 10.3 Å². The first kappa shape index (κ1) is 16.8. The molecule has 3 rings (SSSR count). The Bertz CT molecular complexity index is 1050. The molecule has 0 aliphatic carbocycles. The number of aromatic nitrogens is 2. The van der Waals surface area contributed by atoms with Crippen molar-refractivity contribution in [2.45, 2.75) is 5.75 Å². The third kappa shape index (κ3) is 3.56. The summed E-state index contributed by atoms with van der Waals surface area (Å²) in [5.74, 6) is 0.238. The van der Waals surface area contributed by atoms with E-state index < -0.39 is 27.0 Å². The van der Waals surface area contributed by atoms with Crippen LogP contribution in [0.1, 0.15) is 5.56 Å². The average molecular weight is 358 g/mol. The molecule has 1 unspecified atom stereocenters. The molecule has 8 nitrogen and oxygen atoms in total. The molecule has 0 aliphatic rings. The number of nitrogens with one attached hydrogen (secondary N) is 1. The Labute approximate surface area is 144 Å². The zero-order valence-electron chi connectivity index (χ0n) is 13.2. The van der Waals surface area contributed by atoms with Crippen molar-refractivity contribution >= 4 is 33.6 Å². The Morgan fingerprint density at radius 2 is 2.08 bits per heavy atom. The normalized spacial score (nSPS) is 12.0. The fourth-order valence-electron chi connectivity index (χ4n) is 2.44. The molecule has 3 aromatic rings. The Balaban J connectivity index is 2.09. The summed E-state index contributed by atoms with van der Waals surface area (Å²) in [6, 6.07) is 11.8. The Kier molecular flexibility index (Phi) is 4.57. The number of rotatable bonds is 5. The molecule has 2 aromatic heterocycles. The van der Waals surface area contributed by atoms with Crippen LogP contribution in [0.2, 0.25) is 0 Å². The molecule has 2 heterocycles. The van der Waals surface area contributed by atoms with Crippen molar-refractivity contribution in [3.8, 4) is 0 Å². The van der Waals surface area contributed by atoms with Crippen molar-refractivity contribution in [1.82, 2.24) is 9.38 Å². The highest BCUT2D eigenvalue weighted by molar-refractivity contribution is 7.83. The maximum Gasteiger partial charge on any atom is 0.376 e. The third-order valence-corrected chi connectivity index (χ3v) is 4.19. The molecule has 0 radical (unpaired) electrons. The van der Waals surface area contributed by atoms with Gasteiger partial charge in [0.05, 0.1) is 4.92 Å². The van der Waals surface area contributed by atoms with Gasteiger partial charge in [-0.05, 0) is 29.8 Å². The average Bonchev–Trinajstić information content (AvgIpc) is 2.54. The first-order valence-electron chi connectivity index (χ1n) is 7.27. The lowest BCUT2D eigenvalue weighted by Gasteiger charge is -2.09. The minimum Gasteiger partial charge on any atom is -0.334 e. The van der Waals surface area contributed by atoms with Crippen molar-refractivity contribution in [2.24, 2.45) is 0 Å². The van der Waals surface area contributed by atoms with Gasteiger partial charge in [-0.1, -0.05) is 18.2 Å². The van der Waals surface area contributed by atoms with Crippen LogP contribution in [-0.2, 0) is 16.6 Å². The van der Waals surface area contributed by atoms with Gasteiger partial charge in [-0.3, -0.25) is 23.5 Å². The van der Waals surface area contributed by atoms with E-state index in [0.717, 1.165) is 9.96 Å². The zero-order valence-corrected chi connectivity index (χ0v) is 14.0. The minimum atomic E-state index is -1.01. The predicted octanol–water partition coefficient (Wildman–Crippen LogP) is 2.22. The van der Waals surface area contributed by atoms with Gasteiger partial charge in [-0.15, -0.1) is 0 Å². The second-order valence-electron chi connectivity index (χ2n) is 5.34. The summed E-state index contributed by atoms with van der Waals surface area (Å²) in [6.07, 6.45) is 3.02. The Morgan fingerprint density at radius 3 is 2.80 bits per heavy atom. The summed E-state index contributed by atoms with van der Waals surface area (Å²) in [5.41, 5.74) is 0.243. The van der Waals surface area contributed by atoms with Gasteiger partial charge >= 0.3 is 11.2 Å². The summed E-state index contributed by atoms with van der Waals surface area (Å²) in [7, 11) is -1.01. The van der Waals surface area contributed by atoms with E-state index in [1.807, 2.05) is 6.07 Å². The van der Waals surface area contributed by atoms with Gasteiger partial charge in [0, 0.05) is 34.7 Å². The van der Waals surface area contributed by atoms with E-state index in [9.17, 15) is 19.1 Å². The molecule has 0 amide bonds. The molecular weight excluding hydrogens is 344 g/mol. The summed E-state index contributed by atoms with van der Waals surface area (Å²) in [4.78, 5) is 27.2. The first-order valence-corrected chi connectivity index (χ1v) is 9.00. The molecule has 0 fully saturated rings. The van der Waals surface area contributed by atoms with Crippen molar-refractivity contribution in [3.05, 3.63) is 74.7 Å². The van der Waals surface area contributed by atoms with Gasteiger partial charge in [-0.25, -0.2) is 4.98 Å². The van der Waals surface area contributed by atoms with E-state index in [0.29, 0.717) is 17.1 Å². The summed E-state index contributed by atoms with van der Waals surface area (Å²) < 4.78 is 12.5. The van der Waals surface area contributed by atoms with Gasteiger partial charge in [0.15, 0.2) is 0 Å². The van der Waals surface area contributed by atoms with E-state index in [1.165, 1.54) is 6.20 Å². The van der Waals surface area contributed by atoms with Gasteiger partial charge in [0.25, 0.3) is 0 Å². The van der Waals surface area contributed by atoms with Crippen LogP contribution in [0.15, 0.2) is 53.5 Å². The molecule has 0 saturated heterocycles. The maximum atomic E-state index is 12.4. The molecule has 1 N–H and O–H groups in total. The number of anilines is 2. The number of fused-ring (bicyclic) bond motifs is 1. The number of pyridine rings is 1. The topological polar surface area (TPSA) is 107 Å². The standard InChI is InChI=1S/C16H14N4O4S/c1-25(24)10-11-5-4-6-12(9-11)17-15-14(20(22)23)16(21)19-8-3-2-7-13(19)18-15/h2-9,17H,10H2,1H3. The molecular formula is C16H14N4O4S. The molecule has 1 atom stereocenters. The molecule has 128 valence electrons. The largest absolute Gasteiger partial charge is 0.376 e. The van der Waals surface area contributed by atoms with Crippen LogP contribution in [0, 0.1) is 10.1 Å². The summed E-state index contributed by atoms with van der Waals surface area (Å²) in [6.45, 7) is 0. The van der Waals surface area contributed by atoms with E-state index in [1.54, 1.807) is 42.7 Å². The predicted molar refractivity (Wildman–Crippen MR) is 95.6 cm³/mol. The summed E-state index contributed by atoms with van der Waals surface area (Å²) in [5, 5.41) is 14.2. The van der Waals surface area contributed by atoms with Gasteiger partial charge in [0.1, 0.15) is 5.65 Å². The van der Waals surface area contributed by atoms with E-state index in [-0.39, 0.29) is 5.82 Å². The van der Waals surface area contributed by atoms with Crippen LogP contribution in [-0.4, -0.2) is 24.8 Å². The number of nitro groups is 1. The molecule has 9 heteroatoms. The SMILES string of the molecule is CS(=O)Cc1cccc(Nc2nc3ccccn3c(=O)c2[N+](=O)[O-])c1. The highest BCUT2D eigenvalue weighted by Gasteiger charge is 2.23. The van der Waals surface area contributed by atoms with Gasteiger partial charge < -0.3 is 5.32 Å². The van der Waals surface area contributed by atoms with Crippen LogP contribution in [0.4, 0.5) is 17.2 Å². The highest BCUT2D eigenvalue weighted by Crippen LogP contribution is 2.23. The molecule has 0 saturated carbocycles. The van der Waals surface area contributed by atoms with Crippen molar-refractivity contribution in [3.63, 3.8) is 0 Å². The van der Waals surface area contributed by atoms with Crippen molar-refractivity contribution in [1.29, 1.82) is 0 Å². The molecule has 0 bridgehead atoms. The second-order valence-corrected chi connectivity index (χ2v) is 6.78. The Hall–Kier alpha value is -3.07. The number of hydrogen-bond donors (Lipinski definition) is 1.